The molecule has 5 nitrogen and oxygen atoms in total. The average Bonchev–Trinajstić information content (AvgIpc) is 2.66. The lowest BCUT2D eigenvalue weighted by Crippen LogP contribution is -2.40. The summed E-state index contributed by atoms with van der Waals surface area (Å²) in [5.41, 5.74) is 16.2. The molecule has 0 fully saturated rings. The molecule has 0 aliphatic carbocycles. The molecule has 6 heteroatoms. The van der Waals surface area contributed by atoms with E-state index in [0.29, 0.717) is 22.0 Å². The van der Waals surface area contributed by atoms with E-state index in [0.717, 1.165) is 16.7 Å². The van der Waals surface area contributed by atoms with Gasteiger partial charge in [-0.2, -0.15) is 5.26 Å². The van der Waals surface area contributed by atoms with Crippen molar-refractivity contribution in [1.82, 2.24) is 11.0 Å². The molecule has 0 amide bonds. The highest BCUT2D eigenvalue weighted by Crippen LogP contribution is 2.21. The zero-order valence-corrected chi connectivity index (χ0v) is 16.3. The van der Waals surface area contributed by atoms with Crippen molar-refractivity contribution in [2.45, 2.75) is 26.8 Å². The van der Waals surface area contributed by atoms with Crippen LogP contribution in [0.25, 0.3) is 0 Å². The molecule has 0 bridgehead atoms. The molecule has 27 heavy (non-hydrogen) atoms. The molecule has 4 N–H and O–H groups in total. The van der Waals surface area contributed by atoms with E-state index in [1.807, 2.05) is 57.2 Å². The van der Waals surface area contributed by atoms with Crippen LogP contribution in [0, 0.1) is 18.3 Å². The summed E-state index contributed by atoms with van der Waals surface area (Å²) >= 11 is 5.99. The average molecular weight is 383 g/mol. The van der Waals surface area contributed by atoms with Crippen LogP contribution in [-0.4, -0.2) is 0 Å². The van der Waals surface area contributed by atoms with Crippen molar-refractivity contribution in [3.05, 3.63) is 87.6 Å². The molecule has 0 aliphatic rings. The third kappa shape index (κ3) is 5.87. The Labute approximate surface area is 165 Å². The van der Waals surface area contributed by atoms with Crippen LogP contribution in [0.4, 0.5) is 0 Å². The fourth-order valence-electron chi connectivity index (χ4n) is 2.42. The van der Waals surface area contributed by atoms with Gasteiger partial charge in [-0.15, -0.1) is 0 Å². The first-order valence-corrected chi connectivity index (χ1v) is 8.86. The molecule has 0 aliphatic heterocycles. The summed E-state index contributed by atoms with van der Waals surface area (Å²) in [5.74, 6) is 0.584. The van der Waals surface area contributed by atoms with Crippen molar-refractivity contribution in [1.29, 1.82) is 5.26 Å². The van der Waals surface area contributed by atoms with Crippen molar-refractivity contribution in [2.75, 3.05) is 0 Å². The molecular formula is C21H23ClN4O. The van der Waals surface area contributed by atoms with E-state index in [-0.39, 0.29) is 6.04 Å². The lowest BCUT2D eigenvalue weighted by atomic mass is 10.0. The van der Waals surface area contributed by atoms with E-state index in [1.54, 1.807) is 18.2 Å². The van der Waals surface area contributed by atoms with Gasteiger partial charge >= 0.3 is 0 Å². The first-order chi connectivity index (χ1) is 12.9. The van der Waals surface area contributed by atoms with Crippen molar-refractivity contribution >= 4 is 11.6 Å². The summed E-state index contributed by atoms with van der Waals surface area (Å²) in [7, 11) is 0. The quantitative estimate of drug-likeness (QED) is 0.486. The highest BCUT2D eigenvalue weighted by molar-refractivity contribution is 6.30. The molecule has 1 atom stereocenters. The second kappa shape index (κ2) is 9.79. The van der Waals surface area contributed by atoms with Crippen molar-refractivity contribution in [3.63, 3.8) is 0 Å². The summed E-state index contributed by atoms with van der Waals surface area (Å²) in [6, 6.07) is 14.5. The Morgan fingerprint density at radius 1 is 1.26 bits per heavy atom. The van der Waals surface area contributed by atoms with Crippen LogP contribution >= 0.6 is 11.6 Å². The van der Waals surface area contributed by atoms with Gasteiger partial charge in [0.1, 0.15) is 5.75 Å². The van der Waals surface area contributed by atoms with Crippen LogP contribution in [0.1, 0.15) is 36.6 Å². The zero-order chi connectivity index (χ0) is 19.8. The summed E-state index contributed by atoms with van der Waals surface area (Å²) < 4.78 is 0. The van der Waals surface area contributed by atoms with Gasteiger partial charge in [0.05, 0.1) is 17.7 Å². The number of hydrazine groups is 1. The first kappa shape index (κ1) is 20.5. The number of benzene rings is 2. The van der Waals surface area contributed by atoms with Gasteiger partial charge in [-0.05, 0) is 68.3 Å². The highest BCUT2D eigenvalue weighted by atomic mass is 35.5. The van der Waals surface area contributed by atoms with Gasteiger partial charge in [-0.3, -0.25) is 0 Å². The predicted octanol–water partition coefficient (Wildman–Crippen LogP) is 4.46. The predicted molar refractivity (Wildman–Crippen MR) is 109 cm³/mol. The maximum atomic E-state index is 9.00. The van der Waals surface area contributed by atoms with Crippen LogP contribution < -0.4 is 21.6 Å². The van der Waals surface area contributed by atoms with Crippen LogP contribution in [0.5, 0.6) is 5.75 Å². The Morgan fingerprint density at radius 2 is 1.96 bits per heavy atom. The second-order valence-electron chi connectivity index (χ2n) is 6.10. The largest absolute Gasteiger partial charge is 0.400 e. The fraction of sp³-hybridized carbons (Fsp3) is 0.190. The normalized spacial score (nSPS) is 13.1. The van der Waals surface area contributed by atoms with Gasteiger partial charge < -0.3 is 10.6 Å². The molecule has 2 rings (SSSR count). The molecule has 140 valence electrons. The van der Waals surface area contributed by atoms with Crippen molar-refractivity contribution in [3.8, 4) is 11.8 Å². The molecule has 1 unspecified atom stereocenters. The van der Waals surface area contributed by atoms with Crippen LogP contribution in [-0.2, 0) is 0 Å². The number of hydrogen-bond acceptors (Lipinski definition) is 5. The number of allylic oxidation sites excluding steroid dienone is 3. The summed E-state index contributed by atoms with van der Waals surface area (Å²) in [6.07, 6.45) is 3.88. The third-order valence-electron chi connectivity index (χ3n) is 4.08. The number of rotatable bonds is 7. The maximum absolute atomic E-state index is 9.00. The molecule has 0 saturated carbocycles. The van der Waals surface area contributed by atoms with Gasteiger partial charge in [0, 0.05) is 10.7 Å². The summed E-state index contributed by atoms with van der Waals surface area (Å²) in [4.78, 5) is 5.55. The molecule has 0 heterocycles. The standard InChI is InChI=1S/C21H23ClN4O/c1-4-14(2)11-20(24)21(16-5-8-18(22)9-6-16)25-26-27-19-10-7-17(13-23)15(3)12-19/h4-12,21,25-26H,24H2,1-3H3/b14-4-,20-11-. The third-order valence-corrected chi connectivity index (χ3v) is 4.33. The number of nitrogens with one attached hydrogen (secondary N) is 2. The molecule has 2 aromatic rings. The Kier molecular flexibility index (Phi) is 7.44. The molecule has 2 aromatic carbocycles. The van der Waals surface area contributed by atoms with Gasteiger partial charge in [0.25, 0.3) is 0 Å². The number of nitrogens with zero attached hydrogens (tertiary/aromatic N) is 1. The molecule has 0 saturated heterocycles. The topological polar surface area (TPSA) is 83.1 Å². The number of halogens is 1. The Bertz CT molecular complexity index is 882. The Morgan fingerprint density at radius 3 is 2.56 bits per heavy atom. The van der Waals surface area contributed by atoms with Crippen molar-refractivity contribution < 1.29 is 4.84 Å². The summed E-state index contributed by atoms with van der Waals surface area (Å²) in [6.45, 7) is 5.80. The monoisotopic (exact) mass is 382 g/mol. The number of hydrogen-bond donors (Lipinski definition) is 3. The first-order valence-electron chi connectivity index (χ1n) is 8.48. The van der Waals surface area contributed by atoms with E-state index in [4.69, 9.17) is 27.4 Å². The minimum Gasteiger partial charge on any atom is -0.400 e. The molecular weight excluding hydrogens is 360 g/mol. The Hall–Kier alpha value is -2.78. The number of aryl methyl sites for hydroxylation is 1. The second-order valence-corrected chi connectivity index (χ2v) is 6.54. The molecule has 0 aromatic heterocycles. The number of nitriles is 1. The van der Waals surface area contributed by atoms with Gasteiger partial charge in [0.15, 0.2) is 0 Å². The SMILES string of the molecule is C/C=C(C)\C=C(/N)C(NNOc1ccc(C#N)c(C)c1)c1ccc(Cl)cc1. The lowest BCUT2D eigenvalue weighted by molar-refractivity contribution is 0.137. The van der Waals surface area contributed by atoms with E-state index in [2.05, 4.69) is 17.1 Å². The lowest BCUT2D eigenvalue weighted by Gasteiger charge is -2.21. The van der Waals surface area contributed by atoms with E-state index < -0.39 is 0 Å². The molecule has 0 radical (unpaired) electrons. The van der Waals surface area contributed by atoms with Crippen LogP contribution in [0.15, 0.2) is 65.9 Å². The van der Waals surface area contributed by atoms with Gasteiger partial charge in [-0.25, -0.2) is 5.43 Å². The minimum atomic E-state index is -0.323. The van der Waals surface area contributed by atoms with Crippen LogP contribution in [0.3, 0.4) is 0 Å². The summed E-state index contributed by atoms with van der Waals surface area (Å²) in [5, 5.41) is 9.66. The van der Waals surface area contributed by atoms with Crippen LogP contribution in [0.2, 0.25) is 5.02 Å². The number of nitrogens with two attached hydrogens (primary N) is 1. The van der Waals surface area contributed by atoms with E-state index in [1.165, 1.54) is 0 Å². The van der Waals surface area contributed by atoms with Gasteiger partial charge in [-0.1, -0.05) is 41.0 Å². The van der Waals surface area contributed by atoms with E-state index >= 15 is 0 Å². The highest BCUT2D eigenvalue weighted by Gasteiger charge is 2.14. The zero-order valence-electron chi connectivity index (χ0n) is 15.6. The van der Waals surface area contributed by atoms with E-state index in [9.17, 15) is 0 Å². The smallest absolute Gasteiger partial charge is 0.149 e. The minimum absolute atomic E-state index is 0.323. The van der Waals surface area contributed by atoms with Crippen molar-refractivity contribution in [2.24, 2.45) is 5.73 Å². The van der Waals surface area contributed by atoms with Gasteiger partial charge in [0.2, 0.25) is 0 Å². The Balaban J connectivity index is 2.14. The molecule has 0 spiro atoms. The maximum Gasteiger partial charge on any atom is 0.149 e. The fourth-order valence-corrected chi connectivity index (χ4v) is 2.54.